The molecule has 11 rings (SSSR count). The lowest BCUT2D eigenvalue weighted by molar-refractivity contribution is 0.769. The summed E-state index contributed by atoms with van der Waals surface area (Å²) in [6, 6.07) is 53.8. The molecule has 0 spiro atoms. The molecular formula is C50H33N3S. The zero-order valence-electron chi connectivity index (χ0n) is 29.3. The summed E-state index contributed by atoms with van der Waals surface area (Å²) in [5.74, 6) is 0. The van der Waals surface area contributed by atoms with Crippen LogP contribution in [-0.4, -0.2) is 10.3 Å². The standard InChI is InChI=1S/C50H33N3S/c51-44-24-11-8-21-38(44)45-27-26-33(31-52-45)32-14-13-19-36(28-32)53-46-30-40-37-20-7-10-23-42(37)50(34-15-3-1-4-16-34,35-17-5-2-6-18-35)43(40)29-41(46)48-39-22-9-12-25-47(39)54-49(48)53/h1-31,51-52H/b45-38-,51-44?. The van der Waals surface area contributed by atoms with Gasteiger partial charge in [0.2, 0.25) is 0 Å². The van der Waals surface area contributed by atoms with Crippen LogP contribution >= 0.6 is 11.3 Å². The van der Waals surface area contributed by atoms with E-state index in [1.165, 1.54) is 64.6 Å². The van der Waals surface area contributed by atoms with Crippen molar-refractivity contribution < 1.29 is 0 Å². The molecule has 254 valence electrons. The van der Waals surface area contributed by atoms with Crippen molar-refractivity contribution in [1.29, 1.82) is 5.41 Å². The van der Waals surface area contributed by atoms with Crippen LogP contribution in [0.2, 0.25) is 0 Å². The van der Waals surface area contributed by atoms with Crippen LogP contribution in [0.25, 0.3) is 53.6 Å². The fraction of sp³-hybridized carbons (Fsp3) is 0.0200. The van der Waals surface area contributed by atoms with Gasteiger partial charge in [-0.2, -0.15) is 0 Å². The molecule has 54 heavy (non-hydrogen) atoms. The van der Waals surface area contributed by atoms with Crippen LogP contribution in [0.5, 0.6) is 0 Å². The van der Waals surface area contributed by atoms with E-state index in [2.05, 4.69) is 174 Å². The smallest absolute Gasteiger partial charge is 0.109 e. The van der Waals surface area contributed by atoms with Crippen LogP contribution in [0, 0.1) is 5.41 Å². The Morgan fingerprint density at radius 3 is 2.11 bits per heavy atom. The number of aromatic nitrogens is 1. The number of hydrogen-bond acceptors (Lipinski definition) is 3. The van der Waals surface area contributed by atoms with E-state index in [9.17, 15) is 0 Å². The quantitative estimate of drug-likeness (QED) is 0.188. The van der Waals surface area contributed by atoms with Crippen molar-refractivity contribution in [3.05, 3.63) is 227 Å². The van der Waals surface area contributed by atoms with Crippen molar-refractivity contribution in [2.24, 2.45) is 0 Å². The van der Waals surface area contributed by atoms with Crippen LogP contribution in [0.1, 0.15) is 27.8 Å². The summed E-state index contributed by atoms with van der Waals surface area (Å²) in [5, 5.41) is 15.7. The second-order valence-electron chi connectivity index (χ2n) is 14.1. The van der Waals surface area contributed by atoms with Gasteiger partial charge in [-0.25, -0.2) is 0 Å². The van der Waals surface area contributed by atoms with Crippen LogP contribution in [0.3, 0.4) is 0 Å². The first-order valence-corrected chi connectivity index (χ1v) is 19.2. The van der Waals surface area contributed by atoms with Crippen molar-refractivity contribution in [2.45, 2.75) is 5.41 Å². The van der Waals surface area contributed by atoms with Crippen molar-refractivity contribution in [3.63, 3.8) is 0 Å². The lowest BCUT2D eigenvalue weighted by Crippen LogP contribution is -2.28. The van der Waals surface area contributed by atoms with Gasteiger partial charge in [-0.1, -0.05) is 140 Å². The Morgan fingerprint density at radius 2 is 1.33 bits per heavy atom. The Balaban J connectivity index is 1.16. The Hall–Kier alpha value is -6.75. The molecule has 0 atom stereocenters. The minimum Gasteiger partial charge on any atom is -0.361 e. The van der Waals surface area contributed by atoms with Gasteiger partial charge in [0.25, 0.3) is 0 Å². The van der Waals surface area contributed by atoms with E-state index in [0.29, 0.717) is 5.71 Å². The van der Waals surface area contributed by atoms with Crippen LogP contribution in [0.4, 0.5) is 0 Å². The second-order valence-corrected chi connectivity index (χ2v) is 15.2. The van der Waals surface area contributed by atoms with Gasteiger partial charge in [-0.15, -0.1) is 11.3 Å². The minimum atomic E-state index is -0.466. The number of fused-ring (bicyclic) bond motifs is 8. The van der Waals surface area contributed by atoms with Crippen molar-refractivity contribution in [2.75, 3.05) is 0 Å². The topological polar surface area (TPSA) is 40.8 Å². The first kappa shape index (κ1) is 30.8. The van der Waals surface area contributed by atoms with E-state index in [0.717, 1.165) is 28.1 Å². The molecule has 3 heterocycles. The predicted molar refractivity (Wildman–Crippen MR) is 227 cm³/mol. The Morgan fingerprint density at radius 1 is 0.593 bits per heavy atom. The average molecular weight is 708 g/mol. The van der Waals surface area contributed by atoms with Crippen LogP contribution in [0.15, 0.2) is 200 Å². The molecular weight excluding hydrogens is 675 g/mol. The monoisotopic (exact) mass is 707 g/mol. The molecule has 2 N–H and O–H groups in total. The van der Waals surface area contributed by atoms with Gasteiger partial charge in [0.05, 0.1) is 16.6 Å². The predicted octanol–water partition coefficient (Wildman–Crippen LogP) is 12.3. The molecule has 0 bridgehead atoms. The maximum absolute atomic E-state index is 8.38. The first-order valence-electron chi connectivity index (χ1n) is 18.3. The van der Waals surface area contributed by atoms with Crippen molar-refractivity contribution in [3.8, 4) is 16.8 Å². The first-order chi connectivity index (χ1) is 26.7. The fourth-order valence-corrected chi connectivity index (χ4v) is 10.2. The molecule has 2 aromatic heterocycles. The van der Waals surface area contributed by atoms with E-state index in [1.54, 1.807) is 0 Å². The second kappa shape index (κ2) is 11.9. The van der Waals surface area contributed by atoms with Gasteiger partial charge in [0.15, 0.2) is 0 Å². The number of hydrogen-bond donors (Lipinski definition) is 2. The maximum Gasteiger partial charge on any atom is 0.109 e. The third-order valence-electron chi connectivity index (χ3n) is 11.3. The van der Waals surface area contributed by atoms with Crippen LogP contribution in [-0.2, 0) is 5.41 Å². The average Bonchev–Trinajstić information content (AvgIpc) is 3.86. The Labute approximate surface area is 317 Å². The molecule has 0 saturated carbocycles. The van der Waals surface area contributed by atoms with Gasteiger partial charge >= 0.3 is 0 Å². The molecule has 0 unspecified atom stereocenters. The highest BCUT2D eigenvalue weighted by molar-refractivity contribution is 7.25. The molecule has 4 heteroatoms. The zero-order chi connectivity index (χ0) is 35.8. The fourth-order valence-electron chi connectivity index (χ4n) is 8.99. The van der Waals surface area contributed by atoms with E-state index in [4.69, 9.17) is 5.41 Å². The summed E-state index contributed by atoms with van der Waals surface area (Å²) >= 11 is 1.87. The van der Waals surface area contributed by atoms with E-state index in [1.807, 2.05) is 35.6 Å². The number of benzene rings is 6. The molecule has 0 saturated heterocycles. The lowest BCUT2D eigenvalue weighted by atomic mass is 9.67. The summed E-state index contributed by atoms with van der Waals surface area (Å²) in [6.45, 7) is 0. The largest absolute Gasteiger partial charge is 0.361 e. The highest BCUT2D eigenvalue weighted by atomic mass is 32.1. The number of rotatable bonds is 4. The molecule has 2 aliphatic carbocycles. The van der Waals surface area contributed by atoms with Crippen LogP contribution < -0.4 is 5.32 Å². The van der Waals surface area contributed by atoms with Crippen molar-refractivity contribution >= 4 is 53.8 Å². The Kier molecular flexibility index (Phi) is 6.79. The molecule has 6 aromatic carbocycles. The van der Waals surface area contributed by atoms with Gasteiger partial charge in [0, 0.05) is 44.0 Å². The molecule has 0 radical (unpaired) electrons. The third-order valence-corrected chi connectivity index (χ3v) is 12.5. The third kappa shape index (κ3) is 4.38. The maximum atomic E-state index is 8.38. The zero-order valence-corrected chi connectivity index (χ0v) is 30.1. The summed E-state index contributed by atoms with van der Waals surface area (Å²) < 4.78 is 3.77. The number of thiophene rings is 1. The lowest BCUT2D eigenvalue weighted by Gasteiger charge is -2.34. The van der Waals surface area contributed by atoms with Gasteiger partial charge in [-0.05, 0) is 87.0 Å². The van der Waals surface area contributed by atoms with Crippen molar-refractivity contribution in [1.82, 2.24) is 9.88 Å². The Bertz CT molecular complexity index is 2980. The number of nitrogens with one attached hydrogen (secondary N) is 2. The molecule has 1 aliphatic heterocycles. The summed E-state index contributed by atoms with van der Waals surface area (Å²) in [7, 11) is 0. The molecule has 3 aliphatic rings. The summed E-state index contributed by atoms with van der Waals surface area (Å²) in [4.78, 5) is 1.25. The SMILES string of the molecule is N=C1C=CC=C/C1=C1\C=CC(c2cccc(-n3c4cc5c(cc4c4c6ccccc6sc43)C(c3ccccc3)(c3ccccc3)c3ccccc3-5)c2)=CN1. The summed E-state index contributed by atoms with van der Waals surface area (Å²) in [5.41, 5.74) is 14.2. The molecule has 0 amide bonds. The normalized spacial score (nSPS) is 16.9. The number of nitrogens with zero attached hydrogens (tertiary/aromatic N) is 1. The van der Waals surface area contributed by atoms with Gasteiger partial charge < -0.3 is 15.3 Å². The van der Waals surface area contributed by atoms with E-state index < -0.39 is 5.41 Å². The minimum absolute atomic E-state index is 0.466. The molecule has 3 nitrogen and oxygen atoms in total. The van der Waals surface area contributed by atoms with Gasteiger partial charge in [-0.3, -0.25) is 0 Å². The molecule has 8 aromatic rings. The highest BCUT2D eigenvalue weighted by Gasteiger charge is 2.46. The van der Waals surface area contributed by atoms with E-state index in [-0.39, 0.29) is 0 Å². The van der Waals surface area contributed by atoms with Gasteiger partial charge in [0.1, 0.15) is 4.83 Å². The highest BCUT2D eigenvalue weighted by Crippen LogP contribution is 2.58. The van der Waals surface area contributed by atoms with E-state index >= 15 is 0 Å². The molecule has 0 fully saturated rings. The number of allylic oxidation sites excluding steroid dienone is 8. The summed E-state index contributed by atoms with van der Waals surface area (Å²) in [6.07, 6.45) is 14.0. The number of dihydropyridines is 1.